The molecule has 1 heterocycles. The van der Waals surface area contributed by atoms with Crippen LogP contribution in [0.25, 0.3) is 0 Å². The molecular weight excluding hydrogens is 246 g/mol. The quantitative estimate of drug-likeness (QED) is 0.871. The van der Waals surface area contributed by atoms with Crippen LogP contribution in [0.5, 0.6) is 0 Å². The first kappa shape index (κ1) is 14.8. The summed E-state index contributed by atoms with van der Waals surface area (Å²) in [5.74, 6) is 0. The van der Waals surface area contributed by atoms with Crippen molar-refractivity contribution in [2.45, 2.75) is 45.2 Å². The van der Waals surface area contributed by atoms with Crippen molar-refractivity contribution in [3.63, 3.8) is 0 Å². The second-order valence-electron chi connectivity index (χ2n) is 5.93. The van der Waals surface area contributed by atoms with E-state index in [1.165, 1.54) is 11.3 Å². The zero-order valence-electron chi connectivity index (χ0n) is 12.9. The standard InChI is InChI=1S/C17H25N3/c1-14(10-11-15-8-6-5-7-9-15)20-13-19-12-16(20)17(2,3)18-4/h5-9,12-14,18H,10-11H2,1-4H3. The van der Waals surface area contributed by atoms with E-state index in [1.807, 2.05) is 19.6 Å². The molecule has 0 fully saturated rings. The first-order valence-corrected chi connectivity index (χ1v) is 7.29. The molecule has 108 valence electrons. The highest BCUT2D eigenvalue weighted by molar-refractivity contribution is 5.15. The highest BCUT2D eigenvalue weighted by atomic mass is 15.1. The highest BCUT2D eigenvalue weighted by Crippen LogP contribution is 2.24. The maximum absolute atomic E-state index is 4.34. The zero-order chi connectivity index (χ0) is 14.6. The molecule has 1 N–H and O–H groups in total. The first-order chi connectivity index (χ1) is 9.54. The Kier molecular flexibility index (Phi) is 4.61. The molecule has 0 aliphatic heterocycles. The lowest BCUT2D eigenvalue weighted by Gasteiger charge is -2.28. The second kappa shape index (κ2) is 6.23. The molecule has 0 aliphatic carbocycles. The van der Waals surface area contributed by atoms with Gasteiger partial charge in [0.2, 0.25) is 0 Å². The van der Waals surface area contributed by atoms with Crippen molar-refractivity contribution in [2.24, 2.45) is 0 Å². The van der Waals surface area contributed by atoms with Crippen LogP contribution in [0.4, 0.5) is 0 Å². The average molecular weight is 271 g/mol. The lowest BCUT2D eigenvalue weighted by Crippen LogP contribution is -2.35. The van der Waals surface area contributed by atoms with Crippen LogP contribution in [-0.4, -0.2) is 16.6 Å². The summed E-state index contributed by atoms with van der Waals surface area (Å²) in [4.78, 5) is 4.34. The summed E-state index contributed by atoms with van der Waals surface area (Å²) >= 11 is 0. The van der Waals surface area contributed by atoms with Gasteiger partial charge in [0.15, 0.2) is 0 Å². The van der Waals surface area contributed by atoms with Crippen LogP contribution in [0.15, 0.2) is 42.9 Å². The number of imidazole rings is 1. The maximum atomic E-state index is 4.34. The number of aromatic nitrogens is 2. The molecule has 0 spiro atoms. The van der Waals surface area contributed by atoms with Gasteiger partial charge in [-0.3, -0.25) is 0 Å². The van der Waals surface area contributed by atoms with E-state index < -0.39 is 0 Å². The predicted octanol–water partition coefficient (Wildman–Crippen LogP) is 3.53. The molecular formula is C17H25N3. The number of nitrogens with zero attached hydrogens (tertiary/aromatic N) is 2. The normalized spacial score (nSPS) is 13.4. The van der Waals surface area contributed by atoms with Gasteiger partial charge in [-0.25, -0.2) is 4.98 Å². The fourth-order valence-corrected chi connectivity index (χ4v) is 2.43. The highest BCUT2D eigenvalue weighted by Gasteiger charge is 2.23. The molecule has 1 aromatic carbocycles. The Labute approximate surface area is 122 Å². The SMILES string of the molecule is CNC(C)(C)c1cncn1C(C)CCc1ccccc1. The molecule has 0 radical (unpaired) electrons. The molecule has 0 aliphatic rings. The van der Waals surface area contributed by atoms with Crippen LogP contribution in [0.1, 0.15) is 44.5 Å². The van der Waals surface area contributed by atoms with E-state index in [2.05, 4.69) is 66.0 Å². The third-order valence-corrected chi connectivity index (χ3v) is 4.10. The lowest BCUT2D eigenvalue weighted by molar-refractivity contribution is 0.382. The van der Waals surface area contributed by atoms with Crippen molar-refractivity contribution in [1.82, 2.24) is 14.9 Å². The molecule has 1 atom stereocenters. The van der Waals surface area contributed by atoms with Crippen LogP contribution < -0.4 is 5.32 Å². The summed E-state index contributed by atoms with van der Waals surface area (Å²) in [5.41, 5.74) is 2.58. The number of aryl methyl sites for hydroxylation is 1. The molecule has 0 saturated carbocycles. The third kappa shape index (κ3) is 3.28. The second-order valence-corrected chi connectivity index (χ2v) is 5.93. The van der Waals surface area contributed by atoms with E-state index in [0.717, 1.165) is 12.8 Å². The van der Waals surface area contributed by atoms with Crippen LogP contribution in [0, 0.1) is 0 Å². The molecule has 0 saturated heterocycles. The monoisotopic (exact) mass is 271 g/mol. The van der Waals surface area contributed by atoms with Gasteiger partial charge in [-0.2, -0.15) is 0 Å². The molecule has 3 nitrogen and oxygen atoms in total. The minimum atomic E-state index is -0.0580. The van der Waals surface area contributed by atoms with Crippen LogP contribution >= 0.6 is 0 Å². The smallest absolute Gasteiger partial charge is 0.0951 e. The van der Waals surface area contributed by atoms with E-state index in [9.17, 15) is 0 Å². The van der Waals surface area contributed by atoms with Gasteiger partial charge < -0.3 is 9.88 Å². The number of rotatable bonds is 6. The molecule has 2 rings (SSSR count). The van der Waals surface area contributed by atoms with Crippen molar-refractivity contribution in [3.8, 4) is 0 Å². The Bertz CT molecular complexity index is 528. The minimum Gasteiger partial charge on any atom is -0.330 e. The molecule has 0 amide bonds. The topological polar surface area (TPSA) is 29.9 Å². The van der Waals surface area contributed by atoms with Crippen molar-refractivity contribution in [1.29, 1.82) is 0 Å². The number of hydrogen-bond acceptors (Lipinski definition) is 2. The summed E-state index contributed by atoms with van der Waals surface area (Å²) in [7, 11) is 1.99. The molecule has 2 aromatic rings. The van der Waals surface area contributed by atoms with Crippen molar-refractivity contribution < 1.29 is 0 Å². The zero-order valence-corrected chi connectivity index (χ0v) is 12.9. The Hall–Kier alpha value is -1.61. The average Bonchev–Trinajstić information content (AvgIpc) is 2.96. The summed E-state index contributed by atoms with van der Waals surface area (Å²) in [5, 5.41) is 3.35. The van der Waals surface area contributed by atoms with Gasteiger partial charge in [0.05, 0.1) is 23.8 Å². The van der Waals surface area contributed by atoms with Gasteiger partial charge in [0.1, 0.15) is 0 Å². The van der Waals surface area contributed by atoms with Crippen LogP contribution in [0.2, 0.25) is 0 Å². The molecule has 20 heavy (non-hydrogen) atoms. The first-order valence-electron chi connectivity index (χ1n) is 7.29. The summed E-state index contributed by atoms with van der Waals surface area (Å²) < 4.78 is 2.29. The van der Waals surface area contributed by atoms with Gasteiger partial charge in [-0.05, 0) is 46.2 Å². The largest absolute Gasteiger partial charge is 0.330 e. The van der Waals surface area contributed by atoms with E-state index in [1.54, 1.807) is 0 Å². The number of hydrogen-bond donors (Lipinski definition) is 1. The van der Waals surface area contributed by atoms with E-state index in [-0.39, 0.29) is 5.54 Å². The summed E-state index contributed by atoms with van der Waals surface area (Å²) in [6.07, 6.45) is 6.13. The molecule has 1 aromatic heterocycles. The van der Waals surface area contributed by atoms with Crippen LogP contribution in [0.3, 0.4) is 0 Å². The Morgan fingerprint density at radius 2 is 1.95 bits per heavy atom. The Morgan fingerprint density at radius 1 is 1.25 bits per heavy atom. The number of benzene rings is 1. The van der Waals surface area contributed by atoms with Crippen LogP contribution in [-0.2, 0) is 12.0 Å². The van der Waals surface area contributed by atoms with Gasteiger partial charge in [0.25, 0.3) is 0 Å². The summed E-state index contributed by atoms with van der Waals surface area (Å²) in [6.45, 7) is 6.63. The fourth-order valence-electron chi connectivity index (χ4n) is 2.43. The minimum absolute atomic E-state index is 0.0580. The number of nitrogens with one attached hydrogen (secondary N) is 1. The third-order valence-electron chi connectivity index (χ3n) is 4.10. The Morgan fingerprint density at radius 3 is 2.60 bits per heavy atom. The van der Waals surface area contributed by atoms with Gasteiger partial charge in [0, 0.05) is 6.04 Å². The van der Waals surface area contributed by atoms with Crippen molar-refractivity contribution >= 4 is 0 Å². The van der Waals surface area contributed by atoms with Crippen molar-refractivity contribution in [2.75, 3.05) is 7.05 Å². The van der Waals surface area contributed by atoms with Crippen molar-refractivity contribution in [3.05, 3.63) is 54.1 Å². The van der Waals surface area contributed by atoms with Gasteiger partial charge in [-0.1, -0.05) is 30.3 Å². The summed E-state index contributed by atoms with van der Waals surface area (Å²) in [6, 6.07) is 11.1. The van der Waals surface area contributed by atoms with Gasteiger partial charge >= 0.3 is 0 Å². The molecule has 1 unspecified atom stereocenters. The Balaban J connectivity index is 2.07. The fraction of sp³-hybridized carbons (Fsp3) is 0.471. The predicted molar refractivity (Wildman–Crippen MR) is 83.8 cm³/mol. The lowest BCUT2D eigenvalue weighted by atomic mass is 10.00. The van der Waals surface area contributed by atoms with E-state index in [4.69, 9.17) is 0 Å². The maximum Gasteiger partial charge on any atom is 0.0951 e. The van der Waals surface area contributed by atoms with E-state index in [0.29, 0.717) is 6.04 Å². The molecule has 0 bridgehead atoms. The molecule has 3 heteroatoms. The van der Waals surface area contributed by atoms with Gasteiger partial charge in [-0.15, -0.1) is 0 Å². The van der Waals surface area contributed by atoms with E-state index >= 15 is 0 Å².